The Balaban J connectivity index is 2.84. The lowest BCUT2D eigenvalue weighted by molar-refractivity contribution is 1.55. The Morgan fingerprint density at radius 2 is 2.12 bits per heavy atom. The molecule has 0 fully saturated rings. The van der Waals surface area contributed by atoms with Crippen LogP contribution in [0.25, 0.3) is 0 Å². The largest absolute Gasteiger partial charge is 0.0804 e. The van der Waals surface area contributed by atoms with E-state index in [4.69, 9.17) is 0 Å². The second-order valence-corrected chi connectivity index (χ2v) is 2.01. The van der Waals surface area contributed by atoms with E-state index in [1.165, 1.54) is 11.1 Å². The van der Waals surface area contributed by atoms with E-state index >= 15 is 0 Å². The zero-order valence-corrected chi connectivity index (χ0v) is 5.31. The first kappa shape index (κ1) is 5.36. The summed E-state index contributed by atoms with van der Waals surface area (Å²) in [6.07, 6.45) is 8.51. The van der Waals surface area contributed by atoms with Gasteiger partial charge in [0.05, 0.1) is 0 Å². The minimum absolute atomic E-state index is 1.32. The molecule has 8 heavy (non-hydrogen) atoms. The SMILES string of the molecule is C/C=C1\C=CC(C)=C1. The predicted octanol–water partition coefficient (Wildman–Crippen LogP) is 2.45. The molecule has 0 nitrogen and oxygen atoms in total. The van der Waals surface area contributed by atoms with Gasteiger partial charge in [0.1, 0.15) is 0 Å². The zero-order valence-electron chi connectivity index (χ0n) is 5.31. The van der Waals surface area contributed by atoms with Crippen LogP contribution in [0, 0.1) is 0 Å². The van der Waals surface area contributed by atoms with Gasteiger partial charge in [-0.2, -0.15) is 0 Å². The van der Waals surface area contributed by atoms with Crippen LogP contribution in [0.15, 0.2) is 35.5 Å². The highest BCUT2D eigenvalue weighted by atomic mass is 14.0. The van der Waals surface area contributed by atoms with E-state index < -0.39 is 0 Å². The molecule has 0 heteroatoms. The van der Waals surface area contributed by atoms with Gasteiger partial charge in [-0.15, -0.1) is 0 Å². The monoisotopic (exact) mass is 106 g/mol. The van der Waals surface area contributed by atoms with E-state index in [0.717, 1.165) is 0 Å². The molecule has 0 spiro atoms. The van der Waals surface area contributed by atoms with Gasteiger partial charge in [0.2, 0.25) is 0 Å². The van der Waals surface area contributed by atoms with Crippen molar-refractivity contribution in [3.63, 3.8) is 0 Å². The first-order valence-electron chi connectivity index (χ1n) is 2.85. The van der Waals surface area contributed by atoms with Gasteiger partial charge < -0.3 is 0 Å². The maximum absolute atomic E-state index is 2.17. The summed E-state index contributed by atoms with van der Waals surface area (Å²) >= 11 is 0. The van der Waals surface area contributed by atoms with Gasteiger partial charge in [0.15, 0.2) is 0 Å². The van der Waals surface area contributed by atoms with E-state index in [-0.39, 0.29) is 0 Å². The third-order valence-corrected chi connectivity index (χ3v) is 1.27. The van der Waals surface area contributed by atoms with Crippen molar-refractivity contribution in [1.29, 1.82) is 0 Å². The summed E-state index contributed by atoms with van der Waals surface area (Å²) in [4.78, 5) is 0. The van der Waals surface area contributed by atoms with Crippen LogP contribution in [0.5, 0.6) is 0 Å². The Hall–Kier alpha value is -0.780. The van der Waals surface area contributed by atoms with Crippen molar-refractivity contribution in [2.24, 2.45) is 0 Å². The molecule has 42 valence electrons. The lowest BCUT2D eigenvalue weighted by atomic mass is 10.3. The van der Waals surface area contributed by atoms with Crippen molar-refractivity contribution in [3.8, 4) is 0 Å². The van der Waals surface area contributed by atoms with Gasteiger partial charge in [-0.25, -0.2) is 0 Å². The molecule has 1 aliphatic carbocycles. The zero-order chi connectivity index (χ0) is 5.98. The summed E-state index contributed by atoms with van der Waals surface area (Å²) in [5, 5.41) is 0. The number of rotatable bonds is 0. The Labute approximate surface area is 50.2 Å². The van der Waals surface area contributed by atoms with Crippen LogP contribution >= 0.6 is 0 Å². The molecule has 0 saturated heterocycles. The highest BCUT2D eigenvalue weighted by Gasteiger charge is 1.92. The normalized spacial score (nSPS) is 22.2. The van der Waals surface area contributed by atoms with E-state index in [1.807, 2.05) is 0 Å². The molecule has 0 radical (unpaired) electrons. The van der Waals surface area contributed by atoms with E-state index in [1.54, 1.807) is 0 Å². The van der Waals surface area contributed by atoms with Crippen molar-refractivity contribution < 1.29 is 0 Å². The lowest BCUT2D eigenvalue weighted by Gasteiger charge is -1.80. The summed E-state index contributed by atoms with van der Waals surface area (Å²) in [5.41, 5.74) is 2.67. The van der Waals surface area contributed by atoms with Crippen molar-refractivity contribution in [2.75, 3.05) is 0 Å². The molecular formula is C8H10. The average molecular weight is 106 g/mol. The Kier molecular flexibility index (Phi) is 1.34. The molecule has 0 aromatic rings. The Morgan fingerprint density at radius 3 is 2.38 bits per heavy atom. The molecule has 0 aliphatic heterocycles. The molecule has 1 rings (SSSR count). The minimum Gasteiger partial charge on any atom is -0.0804 e. The molecule has 1 aliphatic rings. The van der Waals surface area contributed by atoms with Crippen LogP contribution < -0.4 is 0 Å². The topological polar surface area (TPSA) is 0 Å². The molecule has 0 unspecified atom stereocenters. The van der Waals surface area contributed by atoms with Crippen LogP contribution in [0.4, 0.5) is 0 Å². The number of hydrogen-bond acceptors (Lipinski definition) is 0. The van der Waals surface area contributed by atoms with Crippen LogP contribution in [0.1, 0.15) is 13.8 Å². The third kappa shape index (κ3) is 0.890. The highest BCUT2D eigenvalue weighted by molar-refractivity contribution is 5.44. The summed E-state index contributed by atoms with van der Waals surface area (Å²) in [5.74, 6) is 0. The van der Waals surface area contributed by atoms with Gasteiger partial charge >= 0.3 is 0 Å². The van der Waals surface area contributed by atoms with Crippen molar-refractivity contribution in [1.82, 2.24) is 0 Å². The molecule has 0 amide bonds. The molecule has 0 aromatic carbocycles. The van der Waals surface area contributed by atoms with Crippen LogP contribution in [0.2, 0.25) is 0 Å². The fraction of sp³-hybridized carbons (Fsp3) is 0.250. The average Bonchev–Trinajstić information content (AvgIpc) is 2.14. The standard InChI is InChI=1S/C8H10/c1-3-8-5-4-7(2)6-8/h3-6H,1-2H3/b8-3+. The maximum atomic E-state index is 2.17. The molecule has 0 atom stereocenters. The maximum Gasteiger partial charge on any atom is -0.0297 e. The second kappa shape index (κ2) is 1.99. The van der Waals surface area contributed by atoms with Crippen molar-refractivity contribution in [3.05, 3.63) is 35.5 Å². The summed E-state index contributed by atoms with van der Waals surface area (Å²) in [7, 11) is 0. The minimum atomic E-state index is 1.32. The first-order valence-corrected chi connectivity index (χ1v) is 2.85. The van der Waals surface area contributed by atoms with Crippen LogP contribution in [-0.4, -0.2) is 0 Å². The number of allylic oxidation sites excluding steroid dienone is 6. The molecule has 0 bridgehead atoms. The molecular weight excluding hydrogens is 96.1 g/mol. The van der Waals surface area contributed by atoms with Gasteiger partial charge in [-0.05, 0) is 19.4 Å². The van der Waals surface area contributed by atoms with Crippen LogP contribution in [-0.2, 0) is 0 Å². The highest BCUT2D eigenvalue weighted by Crippen LogP contribution is 2.12. The van der Waals surface area contributed by atoms with E-state index in [0.29, 0.717) is 0 Å². The van der Waals surface area contributed by atoms with Gasteiger partial charge in [-0.3, -0.25) is 0 Å². The van der Waals surface area contributed by atoms with Gasteiger partial charge in [0, 0.05) is 0 Å². The lowest BCUT2D eigenvalue weighted by Crippen LogP contribution is -1.60. The molecule has 0 saturated carbocycles. The van der Waals surface area contributed by atoms with E-state index in [9.17, 15) is 0 Å². The smallest absolute Gasteiger partial charge is 0.0297 e. The third-order valence-electron chi connectivity index (χ3n) is 1.27. The van der Waals surface area contributed by atoms with Gasteiger partial charge in [-0.1, -0.05) is 29.9 Å². The summed E-state index contributed by atoms with van der Waals surface area (Å²) in [6.45, 7) is 4.15. The Bertz CT molecular complexity index is 168. The fourth-order valence-electron chi connectivity index (χ4n) is 0.766. The van der Waals surface area contributed by atoms with E-state index in [2.05, 4.69) is 38.2 Å². The Morgan fingerprint density at radius 1 is 1.38 bits per heavy atom. The fourth-order valence-corrected chi connectivity index (χ4v) is 0.766. The molecule has 0 aromatic heterocycles. The first-order chi connectivity index (χ1) is 3.83. The van der Waals surface area contributed by atoms with Gasteiger partial charge in [0.25, 0.3) is 0 Å². The summed E-state index contributed by atoms with van der Waals surface area (Å²) < 4.78 is 0. The predicted molar refractivity (Wildman–Crippen MR) is 36.7 cm³/mol. The number of hydrogen-bond donors (Lipinski definition) is 0. The molecule has 0 N–H and O–H groups in total. The molecule has 0 heterocycles. The van der Waals surface area contributed by atoms with Crippen LogP contribution in [0.3, 0.4) is 0 Å². The van der Waals surface area contributed by atoms with Crippen molar-refractivity contribution >= 4 is 0 Å². The second-order valence-electron chi connectivity index (χ2n) is 2.01. The summed E-state index contributed by atoms with van der Waals surface area (Å²) in [6, 6.07) is 0. The van der Waals surface area contributed by atoms with Crippen molar-refractivity contribution in [2.45, 2.75) is 13.8 Å². The quantitative estimate of drug-likeness (QED) is 0.445.